The first kappa shape index (κ1) is 14.6. The lowest BCUT2D eigenvalue weighted by Crippen LogP contribution is -2.38. The van der Waals surface area contributed by atoms with Crippen molar-refractivity contribution in [2.75, 3.05) is 5.88 Å². The number of carbonyl (C=O) groups is 1. The van der Waals surface area contributed by atoms with Crippen LogP contribution >= 0.6 is 50.1 Å². The topological polar surface area (TPSA) is 29.1 Å². The van der Waals surface area contributed by atoms with Crippen LogP contribution in [0.15, 0.2) is 22.7 Å². The largest absolute Gasteiger partial charge is 0.349 e. The number of halogens is 3. The van der Waals surface area contributed by atoms with E-state index in [1.807, 2.05) is 18.2 Å². The molecule has 2 atom stereocenters. The Hall–Kier alpha value is 0.190. The van der Waals surface area contributed by atoms with Gasteiger partial charge in [0.1, 0.15) is 0 Å². The van der Waals surface area contributed by atoms with E-state index in [2.05, 4.69) is 43.8 Å². The molecule has 1 N–H and O–H groups in total. The second kappa shape index (κ2) is 6.57. The monoisotopic (exact) mass is 441 g/mol. The van der Waals surface area contributed by atoms with Gasteiger partial charge in [-0.3, -0.25) is 4.79 Å². The molecule has 1 aliphatic carbocycles. The minimum Gasteiger partial charge on any atom is -0.349 e. The predicted molar refractivity (Wildman–Crippen MR) is 86.2 cm³/mol. The molecule has 2 unspecified atom stereocenters. The highest BCUT2D eigenvalue weighted by molar-refractivity contribution is 14.1. The lowest BCUT2D eigenvalue weighted by Gasteiger charge is -2.19. The van der Waals surface area contributed by atoms with Crippen molar-refractivity contribution >= 4 is 56.0 Å². The Morgan fingerprint density at radius 3 is 3.00 bits per heavy atom. The van der Waals surface area contributed by atoms with Gasteiger partial charge in [0.05, 0.1) is 5.56 Å². The van der Waals surface area contributed by atoms with Gasteiger partial charge in [-0.05, 0) is 75.5 Å². The number of alkyl halides is 1. The van der Waals surface area contributed by atoms with Gasteiger partial charge in [-0.2, -0.15) is 0 Å². The molecule has 0 saturated heterocycles. The Labute approximate surface area is 134 Å². The summed E-state index contributed by atoms with van der Waals surface area (Å²) in [5.74, 6) is 1.03. The molecule has 0 aromatic heterocycles. The molecular formula is C13H14BrClINO. The second-order valence-electron chi connectivity index (χ2n) is 4.55. The third-order valence-electron chi connectivity index (χ3n) is 3.35. The molecule has 1 fully saturated rings. The van der Waals surface area contributed by atoms with E-state index in [0.29, 0.717) is 17.4 Å². The fraction of sp³-hybridized carbons (Fsp3) is 0.462. The van der Waals surface area contributed by atoms with E-state index in [-0.39, 0.29) is 11.9 Å². The van der Waals surface area contributed by atoms with Gasteiger partial charge in [-0.1, -0.05) is 6.42 Å². The second-order valence-corrected chi connectivity index (χ2v) is 6.96. The van der Waals surface area contributed by atoms with Crippen LogP contribution in [0.5, 0.6) is 0 Å². The molecule has 5 heteroatoms. The zero-order chi connectivity index (χ0) is 13.1. The van der Waals surface area contributed by atoms with E-state index in [4.69, 9.17) is 11.6 Å². The molecule has 1 aromatic rings. The van der Waals surface area contributed by atoms with Gasteiger partial charge in [0.15, 0.2) is 0 Å². The van der Waals surface area contributed by atoms with Gasteiger partial charge >= 0.3 is 0 Å². The minimum atomic E-state index is -0.0117. The fourth-order valence-electron chi connectivity index (χ4n) is 2.33. The van der Waals surface area contributed by atoms with Crippen LogP contribution in [0.25, 0.3) is 0 Å². The van der Waals surface area contributed by atoms with Gasteiger partial charge in [-0.15, -0.1) is 11.6 Å². The number of carbonyl (C=O) groups excluding carboxylic acids is 1. The highest BCUT2D eigenvalue weighted by atomic mass is 127. The van der Waals surface area contributed by atoms with E-state index in [1.54, 1.807) is 0 Å². The van der Waals surface area contributed by atoms with Crippen molar-refractivity contribution in [2.24, 2.45) is 5.92 Å². The number of hydrogen-bond donors (Lipinski definition) is 1. The van der Waals surface area contributed by atoms with Crippen LogP contribution in [0, 0.1) is 9.49 Å². The van der Waals surface area contributed by atoms with Gasteiger partial charge < -0.3 is 5.32 Å². The summed E-state index contributed by atoms with van der Waals surface area (Å²) in [5.41, 5.74) is 0.696. The van der Waals surface area contributed by atoms with E-state index < -0.39 is 0 Å². The van der Waals surface area contributed by atoms with E-state index in [1.165, 1.54) is 0 Å². The number of hydrogen-bond acceptors (Lipinski definition) is 1. The quantitative estimate of drug-likeness (QED) is 0.552. The zero-order valence-electron chi connectivity index (χ0n) is 9.76. The van der Waals surface area contributed by atoms with Crippen LogP contribution < -0.4 is 5.32 Å². The summed E-state index contributed by atoms with van der Waals surface area (Å²) < 4.78 is 1.89. The van der Waals surface area contributed by atoms with Crippen molar-refractivity contribution in [1.82, 2.24) is 5.32 Å². The normalized spacial score (nSPS) is 23.1. The maximum atomic E-state index is 12.2. The fourth-order valence-corrected chi connectivity index (χ4v) is 3.62. The first-order valence-electron chi connectivity index (χ1n) is 5.93. The molecule has 98 valence electrons. The highest BCUT2D eigenvalue weighted by Crippen LogP contribution is 2.27. The Morgan fingerprint density at radius 2 is 2.28 bits per heavy atom. The van der Waals surface area contributed by atoms with Crippen LogP contribution in [-0.4, -0.2) is 17.8 Å². The molecule has 1 saturated carbocycles. The van der Waals surface area contributed by atoms with Crippen molar-refractivity contribution in [3.63, 3.8) is 0 Å². The molecule has 0 aliphatic heterocycles. The molecule has 1 amide bonds. The highest BCUT2D eigenvalue weighted by Gasteiger charge is 2.28. The molecular weight excluding hydrogens is 428 g/mol. The zero-order valence-corrected chi connectivity index (χ0v) is 14.3. The molecule has 1 aromatic carbocycles. The summed E-state index contributed by atoms with van der Waals surface area (Å²) in [6.07, 6.45) is 3.29. The van der Waals surface area contributed by atoms with Crippen molar-refractivity contribution in [2.45, 2.75) is 25.3 Å². The number of rotatable bonds is 3. The molecule has 2 nitrogen and oxygen atoms in total. The molecule has 18 heavy (non-hydrogen) atoms. The smallest absolute Gasteiger partial charge is 0.252 e. The van der Waals surface area contributed by atoms with Crippen molar-refractivity contribution in [3.8, 4) is 0 Å². The summed E-state index contributed by atoms with van der Waals surface area (Å²) in [6, 6.07) is 5.99. The lowest BCUT2D eigenvalue weighted by molar-refractivity contribution is 0.0929. The average molecular weight is 443 g/mol. The maximum absolute atomic E-state index is 12.2. The van der Waals surface area contributed by atoms with E-state index in [0.717, 1.165) is 27.3 Å². The molecule has 1 aliphatic rings. The third-order valence-corrected chi connectivity index (χ3v) is 5.11. The molecule has 0 radical (unpaired) electrons. The Balaban J connectivity index is 2.09. The van der Waals surface area contributed by atoms with Crippen molar-refractivity contribution < 1.29 is 4.79 Å². The summed E-state index contributed by atoms with van der Waals surface area (Å²) in [5, 5.41) is 3.11. The first-order chi connectivity index (χ1) is 8.61. The van der Waals surface area contributed by atoms with Crippen molar-refractivity contribution in [3.05, 3.63) is 31.8 Å². The Bertz CT molecular complexity index is 455. The van der Waals surface area contributed by atoms with E-state index >= 15 is 0 Å². The van der Waals surface area contributed by atoms with Crippen LogP contribution in [0.1, 0.15) is 29.6 Å². The van der Waals surface area contributed by atoms with Crippen LogP contribution in [0.3, 0.4) is 0 Å². The van der Waals surface area contributed by atoms with Crippen molar-refractivity contribution in [1.29, 1.82) is 0 Å². The molecule has 2 rings (SSSR count). The summed E-state index contributed by atoms with van der Waals surface area (Å²) in [4.78, 5) is 12.2. The summed E-state index contributed by atoms with van der Waals surface area (Å²) in [6.45, 7) is 0. The first-order valence-corrected chi connectivity index (χ1v) is 8.34. The molecule has 0 bridgehead atoms. The van der Waals surface area contributed by atoms with Gasteiger partial charge in [-0.25, -0.2) is 0 Å². The maximum Gasteiger partial charge on any atom is 0.252 e. The van der Waals surface area contributed by atoms with Crippen LogP contribution in [0.4, 0.5) is 0 Å². The van der Waals surface area contributed by atoms with Gasteiger partial charge in [0.25, 0.3) is 5.91 Å². The molecule has 0 spiro atoms. The third kappa shape index (κ3) is 3.39. The van der Waals surface area contributed by atoms with Gasteiger partial charge in [0.2, 0.25) is 0 Å². The Kier molecular flexibility index (Phi) is 5.33. The standard InChI is InChI=1S/C13H14BrClINO/c14-11-5-4-9(16)6-10(11)13(18)17-12-3-1-2-8(12)7-15/h4-6,8,12H,1-3,7H2,(H,17,18). The predicted octanol–water partition coefficient (Wildman–Crippen LogP) is 4.19. The summed E-state index contributed by atoms with van der Waals surface area (Å²) in [7, 11) is 0. The van der Waals surface area contributed by atoms with Crippen LogP contribution in [0.2, 0.25) is 0 Å². The SMILES string of the molecule is O=C(NC1CCCC1CCl)c1cc(I)ccc1Br. The lowest BCUT2D eigenvalue weighted by atomic mass is 10.1. The van der Waals surface area contributed by atoms with E-state index in [9.17, 15) is 4.79 Å². The number of nitrogens with one attached hydrogen (secondary N) is 1. The number of amides is 1. The average Bonchev–Trinajstić information content (AvgIpc) is 2.79. The molecule has 0 heterocycles. The Morgan fingerprint density at radius 1 is 1.50 bits per heavy atom. The number of benzene rings is 1. The van der Waals surface area contributed by atoms with Gasteiger partial charge in [0, 0.05) is 20.0 Å². The summed E-state index contributed by atoms with van der Waals surface area (Å²) >= 11 is 11.6. The minimum absolute atomic E-state index is 0.0117. The van der Waals surface area contributed by atoms with Crippen LogP contribution in [-0.2, 0) is 0 Å².